The van der Waals surface area contributed by atoms with Crippen LogP contribution in [0.3, 0.4) is 0 Å². The van der Waals surface area contributed by atoms with Crippen LogP contribution in [0.5, 0.6) is 11.5 Å². The van der Waals surface area contributed by atoms with E-state index >= 15 is 0 Å². The highest BCUT2D eigenvalue weighted by atomic mass is 79.9. The predicted octanol–water partition coefficient (Wildman–Crippen LogP) is 4.49. The number of ether oxygens (including phenoxy) is 1. The van der Waals surface area contributed by atoms with Crippen LogP contribution in [0, 0.1) is 5.82 Å². The lowest BCUT2D eigenvalue weighted by Crippen LogP contribution is -2.00. The van der Waals surface area contributed by atoms with Gasteiger partial charge in [-0.25, -0.2) is 4.39 Å². The van der Waals surface area contributed by atoms with Crippen LogP contribution in [0.4, 0.5) is 4.39 Å². The molecular weight excluding hydrogens is 321 g/mol. The van der Waals surface area contributed by atoms with Gasteiger partial charge in [-0.3, -0.25) is 0 Å². The van der Waals surface area contributed by atoms with Crippen LogP contribution in [0.2, 0.25) is 5.02 Å². The minimum atomic E-state index is -0.344. The molecule has 0 unspecified atom stereocenters. The lowest BCUT2D eigenvalue weighted by atomic mass is 10.2. The molecule has 2 aromatic rings. The summed E-state index contributed by atoms with van der Waals surface area (Å²) < 4.78 is 19.6. The van der Waals surface area contributed by atoms with Gasteiger partial charge in [-0.2, -0.15) is 0 Å². The van der Waals surface area contributed by atoms with Crippen molar-refractivity contribution < 1.29 is 9.13 Å². The van der Waals surface area contributed by atoms with Gasteiger partial charge < -0.3 is 10.5 Å². The van der Waals surface area contributed by atoms with Gasteiger partial charge in [-0.05, 0) is 36.4 Å². The number of nitrogens with two attached hydrogens (primary N) is 1. The molecule has 94 valence electrons. The van der Waals surface area contributed by atoms with Crippen LogP contribution in [-0.4, -0.2) is 0 Å². The van der Waals surface area contributed by atoms with Gasteiger partial charge in [0.15, 0.2) is 0 Å². The van der Waals surface area contributed by atoms with E-state index in [-0.39, 0.29) is 12.4 Å². The molecule has 2 nitrogen and oxygen atoms in total. The number of rotatable bonds is 3. The van der Waals surface area contributed by atoms with Crippen molar-refractivity contribution in [3.05, 3.63) is 57.3 Å². The molecule has 0 saturated carbocycles. The average molecular weight is 331 g/mol. The van der Waals surface area contributed by atoms with Crippen molar-refractivity contribution in [3.8, 4) is 11.5 Å². The summed E-state index contributed by atoms with van der Waals surface area (Å²) in [7, 11) is 0. The molecule has 0 saturated heterocycles. The predicted molar refractivity (Wildman–Crippen MR) is 73.5 cm³/mol. The third-order valence-electron chi connectivity index (χ3n) is 2.36. The Morgan fingerprint density at radius 3 is 2.67 bits per heavy atom. The third-order valence-corrected chi connectivity index (χ3v) is 3.16. The maximum absolute atomic E-state index is 13.1. The molecule has 0 aliphatic rings. The van der Waals surface area contributed by atoms with Crippen molar-refractivity contribution in [1.82, 2.24) is 0 Å². The molecule has 0 heterocycles. The second-order valence-corrected chi connectivity index (χ2v) is 4.96. The zero-order valence-electron chi connectivity index (χ0n) is 9.29. The van der Waals surface area contributed by atoms with E-state index in [4.69, 9.17) is 22.1 Å². The lowest BCUT2D eigenvalue weighted by molar-refractivity contribution is 0.474. The van der Waals surface area contributed by atoms with E-state index < -0.39 is 0 Å². The van der Waals surface area contributed by atoms with Crippen LogP contribution in [0.25, 0.3) is 0 Å². The van der Waals surface area contributed by atoms with Crippen LogP contribution in [-0.2, 0) is 6.54 Å². The van der Waals surface area contributed by atoms with Gasteiger partial charge in [0.1, 0.15) is 17.3 Å². The molecule has 2 rings (SSSR count). The number of benzene rings is 2. The summed E-state index contributed by atoms with van der Waals surface area (Å²) in [6, 6.07) is 9.47. The first-order valence-corrected chi connectivity index (χ1v) is 6.38. The van der Waals surface area contributed by atoms with Crippen LogP contribution < -0.4 is 10.5 Å². The van der Waals surface area contributed by atoms with Crippen molar-refractivity contribution >= 4 is 27.5 Å². The van der Waals surface area contributed by atoms with E-state index in [2.05, 4.69) is 15.9 Å². The maximum Gasteiger partial charge on any atom is 0.147 e. The highest BCUT2D eigenvalue weighted by Crippen LogP contribution is 2.33. The number of hydrogen-bond donors (Lipinski definition) is 1. The summed E-state index contributed by atoms with van der Waals surface area (Å²) in [4.78, 5) is 0. The van der Waals surface area contributed by atoms with Crippen LogP contribution in [0.15, 0.2) is 40.9 Å². The molecule has 0 atom stereocenters. The van der Waals surface area contributed by atoms with E-state index in [0.717, 1.165) is 4.47 Å². The quantitative estimate of drug-likeness (QED) is 0.899. The average Bonchev–Trinajstić information content (AvgIpc) is 2.36. The van der Waals surface area contributed by atoms with Crippen molar-refractivity contribution in [1.29, 1.82) is 0 Å². The van der Waals surface area contributed by atoms with E-state index in [1.807, 2.05) is 6.07 Å². The molecule has 0 aliphatic carbocycles. The fraction of sp³-hybridized carbons (Fsp3) is 0.0769. The first kappa shape index (κ1) is 13.3. The smallest absolute Gasteiger partial charge is 0.147 e. The first-order chi connectivity index (χ1) is 8.60. The van der Waals surface area contributed by atoms with Gasteiger partial charge in [-0.1, -0.05) is 27.5 Å². The Morgan fingerprint density at radius 2 is 1.94 bits per heavy atom. The maximum atomic E-state index is 13.1. The molecule has 0 spiro atoms. The summed E-state index contributed by atoms with van der Waals surface area (Å²) in [5.41, 5.74) is 6.14. The molecule has 0 aliphatic heterocycles. The molecule has 0 amide bonds. The summed E-state index contributed by atoms with van der Waals surface area (Å²) in [6.45, 7) is 0.193. The Kier molecular flexibility index (Phi) is 4.22. The second kappa shape index (κ2) is 5.69. The molecule has 0 radical (unpaired) electrons. The second-order valence-electron chi connectivity index (χ2n) is 3.63. The zero-order valence-corrected chi connectivity index (χ0v) is 11.6. The van der Waals surface area contributed by atoms with E-state index in [9.17, 15) is 4.39 Å². The molecular formula is C13H10BrClFNO. The summed E-state index contributed by atoms with van der Waals surface area (Å²) >= 11 is 9.36. The monoisotopic (exact) mass is 329 g/mol. The molecule has 5 heteroatoms. The van der Waals surface area contributed by atoms with Gasteiger partial charge in [0.05, 0.1) is 5.02 Å². The normalized spacial score (nSPS) is 10.4. The van der Waals surface area contributed by atoms with Gasteiger partial charge in [0.2, 0.25) is 0 Å². The summed E-state index contributed by atoms with van der Waals surface area (Å²) in [6.07, 6.45) is 0. The van der Waals surface area contributed by atoms with E-state index in [1.165, 1.54) is 18.2 Å². The molecule has 2 aromatic carbocycles. The molecule has 18 heavy (non-hydrogen) atoms. The minimum absolute atomic E-state index is 0.193. The minimum Gasteiger partial charge on any atom is -0.455 e. The fourth-order valence-corrected chi connectivity index (χ4v) is 1.98. The topological polar surface area (TPSA) is 35.2 Å². The summed E-state index contributed by atoms with van der Waals surface area (Å²) in [5, 5.41) is 0.477. The fourth-order valence-electron chi connectivity index (χ4n) is 1.48. The summed E-state index contributed by atoms with van der Waals surface area (Å²) in [5.74, 6) is 0.648. The van der Waals surface area contributed by atoms with Crippen molar-refractivity contribution in [3.63, 3.8) is 0 Å². The van der Waals surface area contributed by atoms with Gasteiger partial charge in [0, 0.05) is 16.6 Å². The largest absolute Gasteiger partial charge is 0.455 e. The Labute approximate surface area is 118 Å². The van der Waals surface area contributed by atoms with E-state index in [0.29, 0.717) is 22.1 Å². The highest BCUT2D eigenvalue weighted by Gasteiger charge is 2.08. The van der Waals surface area contributed by atoms with Crippen molar-refractivity contribution in [2.75, 3.05) is 0 Å². The Balaban J connectivity index is 2.36. The molecule has 0 bridgehead atoms. The molecule has 0 aromatic heterocycles. The Morgan fingerprint density at radius 1 is 1.17 bits per heavy atom. The third kappa shape index (κ3) is 3.02. The van der Waals surface area contributed by atoms with Crippen LogP contribution >= 0.6 is 27.5 Å². The van der Waals surface area contributed by atoms with Crippen LogP contribution in [0.1, 0.15) is 5.56 Å². The molecule has 2 N–H and O–H groups in total. The van der Waals surface area contributed by atoms with Gasteiger partial charge >= 0.3 is 0 Å². The lowest BCUT2D eigenvalue weighted by Gasteiger charge is -2.11. The Hall–Kier alpha value is -1.10. The van der Waals surface area contributed by atoms with E-state index in [1.54, 1.807) is 12.1 Å². The van der Waals surface area contributed by atoms with Gasteiger partial charge in [-0.15, -0.1) is 0 Å². The Bertz CT molecular complexity index is 577. The molecule has 0 fully saturated rings. The first-order valence-electron chi connectivity index (χ1n) is 5.21. The van der Waals surface area contributed by atoms with Gasteiger partial charge in [0.25, 0.3) is 0 Å². The number of hydrogen-bond acceptors (Lipinski definition) is 2. The SMILES string of the molecule is NCc1cc(F)ccc1Oc1cc(Br)ccc1Cl. The standard InChI is InChI=1S/C13H10BrClFNO/c14-9-1-3-11(15)13(6-9)18-12-4-2-10(16)5-8(12)7-17/h1-6H,7,17H2. The van der Waals surface area contributed by atoms with Crippen molar-refractivity contribution in [2.24, 2.45) is 5.73 Å². The zero-order chi connectivity index (χ0) is 13.1. The highest BCUT2D eigenvalue weighted by molar-refractivity contribution is 9.10. The number of halogens is 3. The van der Waals surface area contributed by atoms with Crippen molar-refractivity contribution in [2.45, 2.75) is 6.54 Å².